The fourth-order valence-electron chi connectivity index (χ4n) is 4.57. The minimum atomic E-state index is 0.240. The van der Waals surface area contributed by atoms with E-state index in [-0.39, 0.29) is 5.92 Å². The van der Waals surface area contributed by atoms with Crippen molar-refractivity contribution in [3.63, 3.8) is 0 Å². The highest BCUT2D eigenvalue weighted by atomic mass is 16.5. The van der Waals surface area contributed by atoms with E-state index in [9.17, 15) is 4.79 Å². The van der Waals surface area contributed by atoms with Crippen LogP contribution in [0, 0.1) is 5.92 Å². The summed E-state index contributed by atoms with van der Waals surface area (Å²) in [7, 11) is 0. The third kappa shape index (κ3) is 1.69. The first-order chi connectivity index (χ1) is 8.81. The molecular formula is C14H22N2O2. The number of ether oxygens (including phenoxy) is 1. The summed E-state index contributed by atoms with van der Waals surface area (Å²) in [4.78, 5) is 15.0. The summed E-state index contributed by atoms with van der Waals surface area (Å²) in [5.74, 6) is 0.677. The van der Waals surface area contributed by atoms with Crippen LogP contribution in [0.4, 0.5) is 0 Å². The van der Waals surface area contributed by atoms with E-state index >= 15 is 0 Å². The normalized spacial score (nSPS) is 43.4. The number of hydrogen-bond donors (Lipinski definition) is 1. The first-order valence-electron chi connectivity index (χ1n) is 7.47. The Hall–Kier alpha value is -0.610. The number of carbonyl (C=O) groups is 1. The molecule has 18 heavy (non-hydrogen) atoms. The monoisotopic (exact) mass is 250 g/mol. The van der Waals surface area contributed by atoms with Gasteiger partial charge in [-0.1, -0.05) is 0 Å². The summed E-state index contributed by atoms with van der Waals surface area (Å²) >= 11 is 0. The molecule has 0 saturated carbocycles. The summed E-state index contributed by atoms with van der Waals surface area (Å²) in [5, 5.41) is 3.69. The van der Waals surface area contributed by atoms with Gasteiger partial charge in [-0.3, -0.25) is 4.79 Å². The fourth-order valence-corrected chi connectivity index (χ4v) is 4.57. The van der Waals surface area contributed by atoms with Gasteiger partial charge in [0.25, 0.3) is 0 Å². The summed E-state index contributed by atoms with van der Waals surface area (Å²) in [6, 6.07) is 2.44. The minimum Gasteiger partial charge on any atom is -0.381 e. The Morgan fingerprint density at radius 2 is 1.56 bits per heavy atom. The molecule has 0 unspecified atom stereocenters. The van der Waals surface area contributed by atoms with Crippen LogP contribution in [0.5, 0.6) is 0 Å². The average Bonchev–Trinajstić information content (AvgIpc) is 2.38. The molecule has 0 aromatic rings. The number of nitrogens with one attached hydrogen (secondary N) is 1. The summed E-state index contributed by atoms with van der Waals surface area (Å²) in [5.41, 5.74) is 0. The molecule has 4 bridgehead atoms. The van der Waals surface area contributed by atoms with Crippen LogP contribution in [-0.4, -0.2) is 48.2 Å². The van der Waals surface area contributed by atoms with Crippen LogP contribution in [-0.2, 0) is 9.53 Å². The first-order valence-corrected chi connectivity index (χ1v) is 7.47. The zero-order valence-corrected chi connectivity index (χ0v) is 10.8. The third-order valence-corrected chi connectivity index (χ3v) is 5.31. The van der Waals surface area contributed by atoms with Gasteiger partial charge in [0.1, 0.15) is 0 Å². The van der Waals surface area contributed by atoms with E-state index in [0.717, 1.165) is 26.1 Å². The lowest BCUT2D eigenvalue weighted by Crippen LogP contribution is -2.69. The Balaban J connectivity index is 1.52. The van der Waals surface area contributed by atoms with Crippen LogP contribution in [0.2, 0.25) is 0 Å². The predicted octanol–water partition coefficient (Wildman–Crippen LogP) is 0.907. The van der Waals surface area contributed by atoms with Crippen molar-refractivity contribution in [2.45, 2.75) is 62.7 Å². The highest BCUT2D eigenvalue weighted by molar-refractivity contribution is 5.80. The Morgan fingerprint density at radius 1 is 1.00 bits per heavy atom. The molecule has 1 N–H and O–H groups in total. The van der Waals surface area contributed by atoms with Gasteiger partial charge in [0.2, 0.25) is 5.91 Å². The van der Waals surface area contributed by atoms with Crippen molar-refractivity contribution in [3.8, 4) is 0 Å². The van der Waals surface area contributed by atoms with E-state index in [1.54, 1.807) is 0 Å². The number of hydrogen-bond acceptors (Lipinski definition) is 3. The standard InChI is InChI=1S/C14H22N2O2/c17-14(9-1-3-18-4-2-9)16-12-5-10-6-13(16)8-11(7-12)15-10/h9-13,15H,1-8H2. The molecule has 0 spiro atoms. The van der Waals surface area contributed by atoms with Crippen molar-refractivity contribution in [1.82, 2.24) is 10.2 Å². The molecule has 5 fully saturated rings. The van der Waals surface area contributed by atoms with Gasteiger partial charge >= 0.3 is 0 Å². The molecule has 0 atom stereocenters. The van der Waals surface area contributed by atoms with E-state index in [1.165, 1.54) is 25.7 Å². The maximum absolute atomic E-state index is 12.7. The SMILES string of the molecule is O=C(C1CCOCC1)N1C2CC3CC1CC(C2)N3. The van der Waals surface area contributed by atoms with Gasteiger partial charge in [-0.15, -0.1) is 0 Å². The Kier molecular flexibility index (Phi) is 2.62. The van der Waals surface area contributed by atoms with Crippen molar-refractivity contribution >= 4 is 5.91 Å². The van der Waals surface area contributed by atoms with Crippen molar-refractivity contribution in [2.75, 3.05) is 13.2 Å². The van der Waals surface area contributed by atoms with Crippen molar-refractivity contribution in [2.24, 2.45) is 5.92 Å². The highest BCUT2D eigenvalue weighted by Gasteiger charge is 2.49. The lowest BCUT2D eigenvalue weighted by Gasteiger charge is -2.57. The summed E-state index contributed by atoms with van der Waals surface area (Å²) in [6.45, 7) is 1.54. The number of piperidine rings is 4. The molecule has 4 heteroatoms. The molecule has 0 radical (unpaired) electrons. The molecule has 0 aromatic heterocycles. The van der Waals surface area contributed by atoms with Crippen LogP contribution in [0.25, 0.3) is 0 Å². The zero-order valence-electron chi connectivity index (χ0n) is 10.8. The maximum Gasteiger partial charge on any atom is 0.226 e. The van der Waals surface area contributed by atoms with Gasteiger partial charge in [-0.05, 0) is 38.5 Å². The van der Waals surface area contributed by atoms with Crippen LogP contribution in [0.15, 0.2) is 0 Å². The Bertz CT molecular complexity index is 324. The van der Waals surface area contributed by atoms with Gasteiger partial charge in [0.15, 0.2) is 0 Å². The van der Waals surface area contributed by atoms with E-state index < -0.39 is 0 Å². The molecule has 0 aromatic carbocycles. The van der Waals surface area contributed by atoms with Gasteiger partial charge in [0.05, 0.1) is 0 Å². The molecule has 5 aliphatic heterocycles. The predicted molar refractivity (Wildman–Crippen MR) is 67.1 cm³/mol. The molecule has 5 heterocycles. The van der Waals surface area contributed by atoms with Crippen LogP contribution < -0.4 is 5.32 Å². The van der Waals surface area contributed by atoms with Gasteiger partial charge in [-0.25, -0.2) is 0 Å². The fraction of sp³-hybridized carbons (Fsp3) is 0.929. The first kappa shape index (κ1) is 11.2. The summed E-state index contributed by atoms with van der Waals surface area (Å²) in [6.07, 6.45) is 6.59. The van der Waals surface area contributed by atoms with Gasteiger partial charge in [-0.2, -0.15) is 0 Å². The van der Waals surface area contributed by atoms with Crippen LogP contribution in [0.1, 0.15) is 38.5 Å². The van der Waals surface area contributed by atoms with Crippen LogP contribution in [0.3, 0.4) is 0 Å². The highest BCUT2D eigenvalue weighted by Crippen LogP contribution is 2.40. The molecule has 1 amide bonds. The largest absolute Gasteiger partial charge is 0.381 e. The molecule has 5 rings (SSSR count). The minimum absolute atomic E-state index is 0.240. The maximum atomic E-state index is 12.7. The second-order valence-electron chi connectivity index (χ2n) is 6.44. The summed E-state index contributed by atoms with van der Waals surface area (Å²) < 4.78 is 5.37. The lowest BCUT2D eigenvalue weighted by atomic mass is 9.74. The van der Waals surface area contributed by atoms with Crippen molar-refractivity contribution < 1.29 is 9.53 Å². The van der Waals surface area contributed by atoms with Crippen molar-refractivity contribution in [3.05, 3.63) is 0 Å². The molecule has 0 aliphatic carbocycles. The number of amides is 1. The van der Waals surface area contributed by atoms with E-state index in [2.05, 4.69) is 10.2 Å². The number of carbonyl (C=O) groups excluding carboxylic acids is 1. The van der Waals surface area contributed by atoms with Gasteiger partial charge in [0, 0.05) is 43.3 Å². The van der Waals surface area contributed by atoms with Crippen LogP contribution >= 0.6 is 0 Å². The Morgan fingerprint density at radius 3 is 2.11 bits per heavy atom. The smallest absolute Gasteiger partial charge is 0.226 e. The molecule has 4 nitrogen and oxygen atoms in total. The molecular weight excluding hydrogens is 228 g/mol. The average molecular weight is 250 g/mol. The second-order valence-corrected chi connectivity index (χ2v) is 6.44. The third-order valence-electron chi connectivity index (χ3n) is 5.31. The second kappa shape index (κ2) is 4.20. The Labute approximate surface area is 108 Å². The lowest BCUT2D eigenvalue weighted by molar-refractivity contribution is -0.153. The van der Waals surface area contributed by atoms with E-state index in [1.807, 2.05) is 0 Å². The number of nitrogens with zero attached hydrogens (tertiary/aromatic N) is 1. The zero-order chi connectivity index (χ0) is 12.1. The topological polar surface area (TPSA) is 41.6 Å². The molecule has 100 valence electrons. The quantitative estimate of drug-likeness (QED) is 0.752. The number of rotatable bonds is 1. The van der Waals surface area contributed by atoms with E-state index in [4.69, 9.17) is 4.74 Å². The molecule has 5 aliphatic rings. The van der Waals surface area contributed by atoms with Crippen molar-refractivity contribution in [1.29, 1.82) is 0 Å². The van der Waals surface area contributed by atoms with E-state index in [0.29, 0.717) is 30.1 Å². The van der Waals surface area contributed by atoms with Gasteiger partial charge < -0.3 is 15.0 Å². The molecule has 5 saturated heterocycles.